The van der Waals surface area contributed by atoms with Crippen LogP contribution in [0, 0.1) is 0 Å². The van der Waals surface area contributed by atoms with Gasteiger partial charge >= 0.3 is 5.97 Å². The maximum atomic E-state index is 10.6. The van der Waals surface area contributed by atoms with Crippen LogP contribution in [0.1, 0.15) is 25.7 Å². The number of aliphatic carboxylic acids is 1. The largest absolute Gasteiger partial charge is 0.480 e. The zero-order valence-corrected chi connectivity index (χ0v) is 8.36. The average molecular weight is 242 g/mol. The summed E-state index contributed by atoms with van der Waals surface area (Å²) < 4.78 is 0. The molecule has 11 heavy (non-hydrogen) atoms. The van der Waals surface area contributed by atoms with Crippen molar-refractivity contribution < 1.29 is 9.90 Å². The summed E-state index contributed by atoms with van der Waals surface area (Å²) in [5.41, 5.74) is 0. The van der Waals surface area contributed by atoms with Gasteiger partial charge in [-0.05, 0) is 25.7 Å². The third kappa shape index (κ3) is 2.09. The van der Waals surface area contributed by atoms with Crippen LogP contribution in [0.2, 0.25) is 0 Å². The molecule has 1 N–H and O–H groups in total. The highest BCUT2D eigenvalue weighted by Gasteiger charge is 2.39. The molecule has 4 heteroatoms. The summed E-state index contributed by atoms with van der Waals surface area (Å²) in [5.74, 6) is -0.876. The fourth-order valence-corrected chi connectivity index (χ4v) is 1.93. The van der Waals surface area contributed by atoms with Gasteiger partial charge in [0.05, 0.1) is 0 Å². The van der Waals surface area contributed by atoms with E-state index in [2.05, 4.69) is 15.9 Å². The predicted octanol–water partition coefficient (Wildman–Crippen LogP) is 2.39. The first-order valence-electron chi connectivity index (χ1n) is 3.61. The lowest BCUT2D eigenvalue weighted by Crippen LogP contribution is -2.36. The average Bonchev–Trinajstić information content (AvgIpc) is 1.95. The van der Waals surface area contributed by atoms with E-state index in [9.17, 15) is 4.79 Å². The van der Waals surface area contributed by atoms with Crippen molar-refractivity contribution in [2.45, 2.75) is 35.4 Å². The smallest absolute Gasteiger partial charge is 0.324 e. The highest BCUT2D eigenvalue weighted by atomic mass is 79.9. The number of rotatable bonds is 1. The molecule has 0 saturated heterocycles. The molecule has 1 aliphatic rings. The van der Waals surface area contributed by atoms with Crippen LogP contribution in [-0.2, 0) is 4.79 Å². The predicted molar refractivity (Wildman–Crippen MR) is 47.4 cm³/mol. The van der Waals surface area contributed by atoms with Gasteiger partial charge in [0.1, 0.15) is 4.87 Å². The van der Waals surface area contributed by atoms with E-state index in [1.54, 1.807) is 0 Å². The van der Waals surface area contributed by atoms with Gasteiger partial charge < -0.3 is 5.11 Å². The fraction of sp³-hybridized carbons (Fsp3) is 0.857. The Labute approximate surface area is 79.0 Å². The Morgan fingerprint density at radius 2 is 2.00 bits per heavy atom. The number of carboxylic acids is 1. The highest BCUT2D eigenvalue weighted by Crippen LogP contribution is 2.36. The normalized spacial score (nSPS) is 38.5. The van der Waals surface area contributed by atoms with E-state index in [1.807, 2.05) is 0 Å². The van der Waals surface area contributed by atoms with Gasteiger partial charge in [-0.3, -0.25) is 4.79 Å². The van der Waals surface area contributed by atoms with Crippen LogP contribution in [0.5, 0.6) is 0 Å². The lowest BCUT2D eigenvalue weighted by molar-refractivity contribution is -0.141. The number of carboxylic acid groups (broad SMARTS) is 1. The minimum atomic E-state index is -0.982. The molecule has 1 saturated carbocycles. The molecule has 0 aromatic heterocycles. The van der Waals surface area contributed by atoms with Gasteiger partial charge in [0, 0.05) is 4.83 Å². The zero-order chi connectivity index (χ0) is 8.48. The maximum absolute atomic E-state index is 10.6. The zero-order valence-electron chi connectivity index (χ0n) is 6.02. The molecule has 0 bridgehead atoms. The first-order chi connectivity index (χ1) is 5.04. The summed E-state index contributed by atoms with van der Waals surface area (Å²) in [6, 6.07) is 0. The third-order valence-corrected chi connectivity index (χ3v) is 3.55. The molecular formula is C7H10BrClO2. The van der Waals surface area contributed by atoms with Crippen molar-refractivity contribution >= 4 is 33.5 Å². The van der Waals surface area contributed by atoms with Gasteiger partial charge in [-0.1, -0.05) is 15.9 Å². The van der Waals surface area contributed by atoms with E-state index >= 15 is 0 Å². The molecule has 0 aromatic rings. The Morgan fingerprint density at radius 3 is 2.36 bits per heavy atom. The van der Waals surface area contributed by atoms with Crippen LogP contribution >= 0.6 is 27.5 Å². The Balaban J connectivity index is 2.55. The summed E-state index contributed by atoms with van der Waals surface area (Å²) >= 11 is 9.29. The van der Waals surface area contributed by atoms with Crippen LogP contribution in [-0.4, -0.2) is 20.8 Å². The van der Waals surface area contributed by atoms with Crippen LogP contribution in [0.4, 0.5) is 0 Å². The molecule has 0 heterocycles. The van der Waals surface area contributed by atoms with Crippen LogP contribution in [0.3, 0.4) is 0 Å². The number of carbonyl (C=O) groups is 1. The van der Waals surface area contributed by atoms with E-state index in [0.717, 1.165) is 12.8 Å². The van der Waals surface area contributed by atoms with Crippen molar-refractivity contribution in [2.24, 2.45) is 0 Å². The molecular weight excluding hydrogens is 231 g/mol. The molecule has 0 radical (unpaired) electrons. The molecule has 0 amide bonds. The van der Waals surface area contributed by atoms with E-state index in [-0.39, 0.29) is 0 Å². The Bertz CT molecular complexity index is 164. The first kappa shape index (κ1) is 9.33. The molecule has 1 aliphatic carbocycles. The molecule has 0 atom stereocenters. The Kier molecular flexibility index (Phi) is 2.81. The minimum Gasteiger partial charge on any atom is -0.480 e. The Morgan fingerprint density at radius 1 is 1.55 bits per heavy atom. The molecule has 2 nitrogen and oxygen atoms in total. The molecule has 64 valence electrons. The summed E-state index contributed by atoms with van der Waals surface area (Å²) in [7, 11) is 0. The SMILES string of the molecule is O=C(O)C1(Cl)CCC(Br)CC1. The second-order valence-corrected chi connectivity index (χ2v) is 4.96. The van der Waals surface area contributed by atoms with Crippen LogP contribution in [0.15, 0.2) is 0 Å². The minimum absolute atomic E-state index is 0.453. The molecule has 1 fully saturated rings. The number of hydrogen-bond acceptors (Lipinski definition) is 1. The van der Waals surface area contributed by atoms with E-state index in [0.29, 0.717) is 17.7 Å². The van der Waals surface area contributed by atoms with Gasteiger partial charge in [0.2, 0.25) is 0 Å². The number of halogens is 2. The summed E-state index contributed by atoms with van der Waals surface area (Å²) in [6.45, 7) is 0. The van der Waals surface area contributed by atoms with E-state index in [1.165, 1.54) is 0 Å². The monoisotopic (exact) mass is 240 g/mol. The van der Waals surface area contributed by atoms with Gasteiger partial charge in [-0.2, -0.15) is 0 Å². The van der Waals surface area contributed by atoms with E-state index < -0.39 is 10.8 Å². The van der Waals surface area contributed by atoms with Crippen LogP contribution in [0.25, 0.3) is 0 Å². The van der Waals surface area contributed by atoms with E-state index in [4.69, 9.17) is 16.7 Å². The topological polar surface area (TPSA) is 37.3 Å². The van der Waals surface area contributed by atoms with Crippen LogP contribution < -0.4 is 0 Å². The fourth-order valence-electron chi connectivity index (χ4n) is 1.25. The van der Waals surface area contributed by atoms with Gasteiger partial charge in [-0.25, -0.2) is 0 Å². The van der Waals surface area contributed by atoms with Crippen molar-refractivity contribution in [2.75, 3.05) is 0 Å². The number of hydrogen-bond donors (Lipinski definition) is 1. The molecule has 0 aliphatic heterocycles. The summed E-state index contributed by atoms with van der Waals surface area (Å²) in [6.07, 6.45) is 2.85. The second kappa shape index (κ2) is 3.31. The van der Waals surface area contributed by atoms with Gasteiger partial charge in [-0.15, -0.1) is 11.6 Å². The summed E-state index contributed by atoms with van der Waals surface area (Å²) in [4.78, 5) is 10.1. The summed E-state index contributed by atoms with van der Waals surface area (Å²) in [5, 5.41) is 8.74. The lowest BCUT2D eigenvalue weighted by Gasteiger charge is -2.29. The first-order valence-corrected chi connectivity index (χ1v) is 4.90. The molecule has 0 spiro atoms. The lowest BCUT2D eigenvalue weighted by atomic mass is 9.88. The van der Waals surface area contributed by atoms with Crippen molar-refractivity contribution in [3.63, 3.8) is 0 Å². The van der Waals surface area contributed by atoms with Gasteiger partial charge in [0.25, 0.3) is 0 Å². The molecule has 0 unspecified atom stereocenters. The molecule has 1 rings (SSSR count). The van der Waals surface area contributed by atoms with Gasteiger partial charge in [0.15, 0.2) is 0 Å². The highest BCUT2D eigenvalue weighted by molar-refractivity contribution is 9.09. The Hall–Kier alpha value is 0.240. The van der Waals surface area contributed by atoms with Crippen molar-refractivity contribution in [3.05, 3.63) is 0 Å². The quantitative estimate of drug-likeness (QED) is 0.716. The third-order valence-electron chi connectivity index (χ3n) is 2.09. The van der Waals surface area contributed by atoms with Crippen molar-refractivity contribution in [1.29, 1.82) is 0 Å². The molecule has 0 aromatic carbocycles. The van der Waals surface area contributed by atoms with Crippen molar-refractivity contribution in [1.82, 2.24) is 0 Å². The number of alkyl halides is 2. The van der Waals surface area contributed by atoms with Crippen molar-refractivity contribution in [3.8, 4) is 0 Å². The maximum Gasteiger partial charge on any atom is 0.324 e. The second-order valence-electron chi connectivity index (χ2n) is 2.95. The standard InChI is InChI=1S/C7H10BrClO2/c8-5-1-3-7(9,4-2-5)6(10)11/h5H,1-4H2,(H,10,11).